The molecule has 0 aromatic heterocycles. The highest BCUT2D eigenvalue weighted by Gasteiger charge is 2.14. The van der Waals surface area contributed by atoms with Gasteiger partial charge in [-0.15, -0.1) is 0 Å². The van der Waals surface area contributed by atoms with Crippen LogP contribution in [0.15, 0.2) is 36.4 Å². The number of carbonyl (C=O) groups excluding carboxylic acids is 1. The van der Waals surface area contributed by atoms with Gasteiger partial charge in [-0.1, -0.05) is 23.2 Å². The highest BCUT2D eigenvalue weighted by atomic mass is 35.5. The van der Waals surface area contributed by atoms with Crippen molar-refractivity contribution in [2.75, 3.05) is 18.7 Å². The molecule has 3 rings (SSSR count). The zero-order valence-corrected chi connectivity index (χ0v) is 12.8. The lowest BCUT2D eigenvalue weighted by Gasteiger charge is -2.08. The Morgan fingerprint density at radius 3 is 2.73 bits per heavy atom. The molecule has 5 nitrogen and oxygen atoms in total. The van der Waals surface area contributed by atoms with Crippen LogP contribution in [0.4, 0.5) is 5.69 Å². The molecule has 1 aliphatic heterocycles. The third-order valence-electron chi connectivity index (χ3n) is 2.92. The summed E-state index contributed by atoms with van der Waals surface area (Å²) in [5, 5.41) is 3.47. The van der Waals surface area contributed by atoms with Crippen molar-refractivity contribution in [3.8, 4) is 17.2 Å². The van der Waals surface area contributed by atoms with Gasteiger partial charge in [0.15, 0.2) is 18.1 Å². The average Bonchev–Trinajstić information content (AvgIpc) is 2.96. The highest BCUT2D eigenvalue weighted by molar-refractivity contribution is 6.42. The fraction of sp³-hybridized carbons (Fsp3) is 0.133. The Balaban J connectivity index is 1.57. The number of hydrogen-bond acceptors (Lipinski definition) is 4. The Hall–Kier alpha value is -2.11. The van der Waals surface area contributed by atoms with E-state index in [0.717, 1.165) is 0 Å². The second kappa shape index (κ2) is 6.34. The Bertz CT molecular complexity index is 721. The summed E-state index contributed by atoms with van der Waals surface area (Å²) in [5.74, 6) is 1.47. The minimum atomic E-state index is -0.309. The fourth-order valence-corrected chi connectivity index (χ4v) is 2.18. The molecule has 0 aliphatic carbocycles. The molecule has 0 saturated heterocycles. The summed E-state index contributed by atoms with van der Waals surface area (Å²) in [6.07, 6.45) is 0. The topological polar surface area (TPSA) is 56.8 Å². The number of ether oxygens (including phenoxy) is 3. The minimum Gasteiger partial charge on any atom is -0.484 e. The molecular formula is C15H11Cl2NO4. The predicted octanol–water partition coefficient (Wildman–Crippen LogP) is 3.74. The number of halogens is 2. The van der Waals surface area contributed by atoms with Crippen molar-refractivity contribution in [1.29, 1.82) is 0 Å². The Kier molecular flexibility index (Phi) is 4.27. The summed E-state index contributed by atoms with van der Waals surface area (Å²) < 4.78 is 15.8. The largest absolute Gasteiger partial charge is 0.484 e. The maximum absolute atomic E-state index is 11.8. The van der Waals surface area contributed by atoms with Gasteiger partial charge in [0.2, 0.25) is 6.79 Å². The maximum atomic E-state index is 11.8. The molecule has 0 atom stereocenters. The van der Waals surface area contributed by atoms with Crippen LogP contribution < -0.4 is 19.5 Å². The van der Waals surface area contributed by atoms with E-state index in [-0.39, 0.29) is 19.3 Å². The zero-order valence-electron chi connectivity index (χ0n) is 11.3. The molecule has 22 heavy (non-hydrogen) atoms. The van der Waals surface area contributed by atoms with Gasteiger partial charge in [-0.05, 0) is 30.3 Å². The summed E-state index contributed by atoms with van der Waals surface area (Å²) >= 11 is 11.7. The average molecular weight is 340 g/mol. The summed E-state index contributed by atoms with van der Waals surface area (Å²) in [7, 11) is 0. The first-order valence-electron chi connectivity index (χ1n) is 6.39. The second-order valence-corrected chi connectivity index (χ2v) is 5.30. The van der Waals surface area contributed by atoms with Gasteiger partial charge in [-0.2, -0.15) is 0 Å². The van der Waals surface area contributed by atoms with Crippen molar-refractivity contribution in [3.63, 3.8) is 0 Å². The highest BCUT2D eigenvalue weighted by Crippen LogP contribution is 2.35. The van der Waals surface area contributed by atoms with Crippen LogP contribution in [-0.4, -0.2) is 19.3 Å². The van der Waals surface area contributed by atoms with Crippen molar-refractivity contribution >= 4 is 34.8 Å². The van der Waals surface area contributed by atoms with E-state index in [0.29, 0.717) is 33.0 Å². The number of amides is 1. The molecule has 0 radical (unpaired) electrons. The van der Waals surface area contributed by atoms with Crippen molar-refractivity contribution in [2.24, 2.45) is 0 Å². The van der Waals surface area contributed by atoms with Crippen molar-refractivity contribution in [2.45, 2.75) is 0 Å². The van der Waals surface area contributed by atoms with Crippen LogP contribution >= 0.6 is 23.2 Å². The van der Waals surface area contributed by atoms with Crippen LogP contribution in [0.1, 0.15) is 0 Å². The van der Waals surface area contributed by atoms with E-state index in [9.17, 15) is 4.79 Å². The summed E-state index contributed by atoms with van der Waals surface area (Å²) in [6.45, 7) is 0.0521. The Morgan fingerprint density at radius 2 is 1.91 bits per heavy atom. The number of nitrogens with one attached hydrogen (secondary N) is 1. The molecule has 0 saturated carbocycles. The molecule has 0 bridgehead atoms. The molecule has 114 valence electrons. The molecule has 2 aromatic rings. The number of fused-ring (bicyclic) bond motifs is 1. The van der Waals surface area contributed by atoms with Gasteiger partial charge >= 0.3 is 0 Å². The van der Waals surface area contributed by atoms with Crippen molar-refractivity contribution in [1.82, 2.24) is 0 Å². The quantitative estimate of drug-likeness (QED) is 0.921. The van der Waals surface area contributed by atoms with Crippen LogP contribution in [0.5, 0.6) is 17.2 Å². The first-order valence-corrected chi connectivity index (χ1v) is 7.15. The molecule has 1 amide bonds. The SMILES string of the molecule is O=C(COc1ccc2c(c1)OCO2)Nc1ccc(Cl)c(Cl)c1. The van der Waals surface area contributed by atoms with E-state index < -0.39 is 0 Å². The summed E-state index contributed by atoms with van der Waals surface area (Å²) in [5.41, 5.74) is 0.550. The van der Waals surface area contributed by atoms with Crippen molar-refractivity contribution in [3.05, 3.63) is 46.4 Å². The third-order valence-corrected chi connectivity index (χ3v) is 3.66. The van der Waals surface area contributed by atoms with E-state index in [1.54, 1.807) is 36.4 Å². The number of rotatable bonds is 4. The first kappa shape index (κ1) is 14.8. The molecule has 0 fully saturated rings. The van der Waals surface area contributed by atoms with E-state index in [1.807, 2.05) is 0 Å². The minimum absolute atomic E-state index is 0.139. The van der Waals surface area contributed by atoms with Gasteiger partial charge < -0.3 is 19.5 Å². The van der Waals surface area contributed by atoms with E-state index in [4.69, 9.17) is 37.4 Å². The smallest absolute Gasteiger partial charge is 0.262 e. The van der Waals surface area contributed by atoms with Gasteiger partial charge in [-0.25, -0.2) is 0 Å². The van der Waals surface area contributed by atoms with E-state index in [1.165, 1.54) is 0 Å². The van der Waals surface area contributed by atoms with Crippen LogP contribution in [0.25, 0.3) is 0 Å². The summed E-state index contributed by atoms with van der Waals surface area (Å²) in [4.78, 5) is 11.8. The third kappa shape index (κ3) is 3.37. The molecule has 1 heterocycles. The number of anilines is 1. The van der Waals surface area contributed by atoms with Crippen molar-refractivity contribution < 1.29 is 19.0 Å². The predicted molar refractivity (Wildman–Crippen MR) is 83.2 cm³/mol. The van der Waals surface area contributed by atoms with Gasteiger partial charge in [-0.3, -0.25) is 4.79 Å². The zero-order chi connectivity index (χ0) is 15.5. The van der Waals surface area contributed by atoms with Gasteiger partial charge in [0.1, 0.15) is 5.75 Å². The van der Waals surface area contributed by atoms with Gasteiger partial charge in [0.25, 0.3) is 5.91 Å². The lowest BCUT2D eigenvalue weighted by atomic mass is 10.3. The number of carbonyl (C=O) groups is 1. The van der Waals surface area contributed by atoms with Crippen LogP contribution in [0, 0.1) is 0 Å². The fourth-order valence-electron chi connectivity index (χ4n) is 1.89. The molecule has 0 spiro atoms. The summed E-state index contributed by atoms with van der Waals surface area (Å²) in [6, 6.07) is 9.95. The first-order chi connectivity index (χ1) is 10.6. The van der Waals surface area contributed by atoms with Gasteiger partial charge in [0.05, 0.1) is 10.0 Å². The lowest BCUT2D eigenvalue weighted by molar-refractivity contribution is -0.118. The standard InChI is InChI=1S/C15H11Cl2NO4/c16-11-3-1-9(5-12(11)17)18-15(19)7-20-10-2-4-13-14(6-10)22-8-21-13/h1-6H,7-8H2,(H,18,19). The van der Waals surface area contributed by atoms with Crippen LogP contribution in [0.3, 0.4) is 0 Å². The molecule has 0 unspecified atom stereocenters. The molecule has 1 aliphatic rings. The van der Waals surface area contributed by atoms with Crippen LogP contribution in [-0.2, 0) is 4.79 Å². The van der Waals surface area contributed by atoms with E-state index in [2.05, 4.69) is 5.32 Å². The second-order valence-electron chi connectivity index (χ2n) is 4.48. The molecule has 1 N–H and O–H groups in total. The molecule has 2 aromatic carbocycles. The number of hydrogen-bond donors (Lipinski definition) is 1. The maximum Gasteiger partial charge on any atom is 0.262 e. The molecule has 7 heteroatoms. The Morgan fingerprint density at radius 1 is 1.09 bits per heavy atom. The van der Waals surface area contributed by atoms with E-state index >= 15 is 0 Å². The Labute approximate surface area is 136 Å². The lowest BCUT2D eigenvalue weighted by Crippen LogP contribution is -2.20. The monoisotopic (exact) mass is 339 g/mol. The van der Waals surface area contributed by atoms with Crippen LogP contribution in [0.2, 0.25) is 10.0 Å². The normalized spacial score (nSPS) is 12.1. The van der Waals surface area contributed by atoms with Gasteiger partial charge in [0, 0.05) is 11.8 Å². The number of benzene rings is 2. The molecular weight excluding hydrogens is 329 g/mol.